The molecule has 1 heterocycles. The first-order valence-electron chi connectivity index (χ1n) is 8.11. The largest absolute Gasteiger partial charge is 0.350 e. The number of nitrogens with one attached hydrogen (secondary N) is 2. The molecule has 0 unspecified atom stereocenters. The van der Waals surface area contributed by atoms with Crippen LogP contribution in [0, 0.1) is 6.92 Å². The van der Waals surface area contributed by atoms with Crippen LogP contribution in [-0.4, -0.2) is 28.5 Å². The van der Waals surface area contributed by atoms with Crippen molar-refractivity contribution in [2.24, 2.45) is 0 Å². The van der Waals surface area contributed by atoms with Gasteiger partial charge in [0.25, 0.3) is 11.8 Å². The summed E-state index contributed by atoms with van der Waals surface area (Å²) in [5.74, 6) is 0.367. The molecular weight excluding hydrogens is 332 g/mol. The van der Waals surface area contributed by atoms with Gasteiger partial charge in [0.1, 0.15) is 0 Å². The lowest BCUT2D eigenvalue weighted by atomic mass is 10.1. The highest BCUT2D eigenvalue weighted by molar-refractivity contribution is 5.96. The van der Waals surface area contributed by atoms with Crippen molar-refractivity contribution in [3.63, 3.8) is 0 Å². The van der Waals surface area contributed by atoms with Crippen LogP contribution in [0.15, 0.2) is 59.1 Å². The summed E-state index contributed by atoms with van der Waals surface area (Å²) in [5.41, 5.74) is 2.17. The normalized spacial score (nSPS) is 10.3. The molecule has 3 rings (SSSR count). The summed E-state index contributed by atoms with van der Waals surface area (Å²) in [5, 5.41) is 9.08. The van der Waals surface area contributed by atoms with E-state index in [9.17, 15) is 9.59 Å². The maximum absolute atomic E-state index is 12.1. The zero-order valence-corrected chi connectivity index (χ0v) is 14.2. The van der Waals surface area contributed by atoms with Crippen LogP contribution in [0.4, 0.5) is 0 Å². The number of carbonyl (C=O) groups is 2. The molecule has 3 aromatic rings. The third kappa shape index (κ3) is 4.54. The number of aryl methyl sites for hydroxylation is 1. The molecule has 2 amide bonds. The fourth-order valence-electron chi connectivity index (χ4n) is 2.30. The molecule has 0 atom stereocenters. The van der Waals surface area contributed by atoms with Gasteiger partial charge in [0, 0.05) is 17.7 Å². The van der Waals surface area contributed by atoms with Gasteiger partial charge in [0.05, 0.1) is 6.54 Å². The topological polar surface area (TPSA) is 97.1 Å². The van der Waals surface area contributed by atoms with Gasteiger partial charge in [-0.1, -0.05) is 35.5 Å². The zero-order chi connectivity index (χ0) is 18.4. The second kappa shape index (κ2) is 8.06. The van der Waals surface area contributed by atoms with E-state index >= 15 is 0 Å². The smallest absolute Gasteiger partial charge is 0.257 e. The summed E-state index contributed by atoms with van der Waals surface area (Å²) >= 11 is 0. The van der Waals surface area contributed by atoms with Crippen molar-refractivity contribution in [2.75, 3.05) is 6.54 Å². The van der Waals surface area contributed by atoms with Crippen molar-refractivity contribution in [2.45, 2.75) is 13.5 Å². The molecule has 0 aliphatic rings. The van der Waals surface area contributed by atoms with Crippen molar-refractivity contribution in [3.05, 3.63) is 71.5 Å². The number of aromatic nitrogens is 2. The number of rotatable bonds is 6. The van der Waals surface area contributed by atoms with Crippen LogP contribution in [0.3, 0.4) is 0 Å². The molecule has 132 valence electrons. The van der Waals surface area contributed by atoms with Crippen LogP contribution >= 0.6 is 0 Å². The summed E-state index contributed by atoms with van der Waals surface area (Å²) in [6.45, 7) is 2.07. The molecule has 0 radical (unpaired) electrons. The van der Waals surface area contributed by atoms with Gasteiger partial charge in [-0.2, -0.15) is 4.98 Å². The molecule has 2 aromatic carbocycles. The van der Waals surface area contributed by atoms with Gasteiger partial charge in [-0.3, -0.25) is 9.59 Å². The van der Waals surface area contributed by atoms with Crippen LogP contribution in [0.25, 0.3) is 11.5 Å². The van der Waals surface area contributed by atoms with Gasteiger partial charge >= 0.3 is 0 Å². The van der Waals surface area contributed by atoms with Crippen molar-refractivity contribution in [1.82, 2.24) is 20.8 Å². The summed E-state index contributed by atoms with van der Waals surface area (Å²) in [6.07, 6.45) is 0. The van der Waals surface area contributed by atoms with Crippen LogP contribution < -0.4 is 10.6 Å². The number of amides is 2. The van der Waals surface area contributed by atoms with Gasteiger partial charge in [-0.15, -0.1) is 0 Å². The van der Waals surface area contributed by atoms with E-state index in [2.05, 4.69) is 20.8 Å². The van der Waals surface area contributed by atoms with E-state index in [4.69, 9.17) is 4.52 Å². The van der Waals surface area contributed by atoms with Gasteiger partial charge in [-0.05, 0) is 36.8 Å². The lowest BCUT2D eigenvalue weighted by molar-refractivity contribution is -0.120. The molecule has 0 aliphatic carbocycles. The van der Waals surface area contributed by atoms with E-state index in [-0.39, 0.29) is 18.4 Å². The Labute approximate surface area is 150 Å². The highest BCUT2D eigenvalue weighted by Gasteiger charge is 2.10. The molecule has 0 aliphatic heterocycles. The Hall–Kier alpha value is -3.48. The quantitative estimate of drug-likeness (QED) is 0.709. The molecule has 0 fully saturated rings. The number of nitrogens with zero attached hydrogens (tertiary/aromatic N) is 2. The Morgan fingerprint density at radius 1 is 1.00 bits per heavy atom. The summed E-state index contributed by atoms with van der Waals surface area (Å²) < 4.78 is 5.08. The van der Waals surface area contributed by atoms with Crippen LogP contribution in [0.2, 0.25) is 0 Å². The fraction of sp³-hybridized carbons (Fsp3) is 0.158. The van der Waals surface area contributed by atoms with E-state index in [1.165, 1.54) is 0 Å². The molecule has 1 aromatic heterocycles. The third-order valence-corrected chi connectivity index (χ3v) is 3.66. The van der Waals surface area contributed by atoms with Crippen LogP contribution in [0.5, 0.6) is 0 Å². The van der Waals surface area contributed by atoms with Crippen molar-refractivity contribution in [3.8, 4) is 11.5 Å². The highest BCUT2D eigenvalue weighted by Crippen LogP contribution is 2.17. The first-order valence-corrected chi connectivity index (χ1v) is 8.11. The summed E-state index contributed by atoms with van der Waals surface area (Å²) in [7, 11) is 0. The lowest BCUT2D eigenvalue weighted by Gasteiger charge is -2.07. The average Bonchev–Trinajstić information content (AvgIpc) is 3.12. The monoisotopic (exact) mass is 350 g/mol. The van der Waals surface area contributed by atoms with Crippen molar-refractivity contribution < 1.29 is 14.1 Å². The molecule has 0 saturated carbocycles. The SMILES string of the molecule is Cc1noc(-c2ccc(C(=O)NCC(=O)NCc3ccccc3)cc2)n1. The van der Waals surface area contributed by atoms with Crippen LogP contribution in [-0.2, 0) is 11.3 Å². The molecule has 0 bridgehead atoms. The predicted octanol–water partition coefficient (Wildman–Crippen LogP) is 2.09. The lowest BCUT2D eigenvalue weighted by Crippen LogP contribution is -2.36. The second-order valence-electron chi connectivity index (χ2n) is 5.67. The van der Waals surface area contributed by atoms with E-state index < -0.39 is 0 Å². The molecule has 0 saturated heterocycles. The van der Waals surface area contributed by atoms with E-state index in [1.54, 1.807) is 31.2 Å². The first kappa shape index (κ1) is 17.3. The molecular formula is C19H18N4O3. The fourth-order valence-corrected chi connectivity index (χ4v) is 2.30. The Bertz CT molecular complexity index is 889. The molecule has 0 spiro atoms. The standard InChI is InChI=1S/C19H18N4O3/c1-13-22-19(26-23-13)16-9-7-15(8-10-16)18(25)21-12-17(24)20-11-14-5-3-2-4-6-14/h2-10H,11-12H2,1H3,(H,20,24)(H,21,25). The Morgan fingerprint density at radius 2 is 1.73 bits per heavy atom. The van der Waals surface area contributed by atoms with E-state index in [0.29, 0.717) is 23.8 Å². The average molecular weight is 350 g/mol. The highest BCUT2D eigenvalue weighted by atomic mass is 16.5. The third-order valence-electron chi connectivity index (χ3n) is 3.66. The van der Waals surface area contributed by atoms with Gasteiger partial charge < -0.3 is 15.2 Å². The number of carbonyl (C=O) groups excluding carboxylic acids is 2. The molecule has 7 nitrogen and oxygen atoms in total. The number of hydrogen-bond donors (Lipinski definition) is 2. The van der Waals surface area contributed by atoms with Gasteiger partial charge in [0.15, 0.2) is 5.82 Å². The second-order valence-corrected chi connectivity index (χ2v) is 5.67. The Morgan fingerprint density at radius 3 is 2.38 bits per heavy atom. The maximum Gasteiger partial charge on any atom is 0.257 e. The molecule has 2 N–H and O–H groups in total. The number of hydrogen-bond acceptors (Lipinski definition) is 5. The van der Waals surface area contributed by atoms with Crippen LogP contribution in [0.1, 0.15) is 21.7 Å². The van der Waals surface area contributed by atoms with E-state index in [1.807, 2.05) is 30.3 Å². The zero-order valence-electron chi connectivity index (χ0n) is 14.2. The van der Waals surface area contributed by atoms with Gasteiger partial charge in [-0.25, -0.2) is 0 Å². The first-order chi connectivity index (χ1) is 12.6. The Kier molecular flexibility index (Phi) is 5.38. The van der Waals surface area contributed by atoms with E-state index in [0.717, 1.165) is 11.1 Å². The summed E-state index contributed by atoms with van der Waals surface area (Å²) in [4.78, 5) is 28.1. The molecule has 7 heteroatoms. The minimum atomic E-state index is -0.326. The molecule has 26 heavy (non-hydrogen) atoms. The minimum Gasteiger partial charge on any atom is -0.350 e. The maximum atomic E-state index is 12.1. The van der Waals surface area contributed by atoms with Gasteiger partial charge in [0.2, 0.25) is 5.91 Å². The summed E-state index contributed by atoms with van der Waals surface area (Å²) in [6, 6.07) is 16.3. The van der Waals surface area contributed by atoms with Crippen molar-refractivity contribution in [1.29, 1.82) is 0 Å². The van der Waals surface area contributed by atoms with Crippen molar-refractivity contribution >= 4 is 11.8 Å². The minimum absolute atomic E-state index is 0.0870. The Balaban J connectivity index is 1.49. The number of benzene rings is 2. The predicted molar refractivity (Wildman–Crippen MR) is 95.1 cm³/mol.